The third-order valence-electron chi connectivity index (χ3n) is 3.35. The second-order valence-electron chi connectivity index (χ2n) is 4.95. The van der Waals surface area contributed by atoms with E-state index >= 15 is 0 Å². The van der Waals surface area contributed by atoms with E-state index in [4.69, 9.17) is 5.11 Å². The number of carboxylic acid groups (broad SMARTS) is 1. The van der Waals surface area contributed by atoms with Crippen LogP contribution in [0.4, 0.5) is 0 Å². The molecule has 1 heterocycles. The van der Waals surface area contributed by atoms with Crippen molar-refractivity contribution in [2.75, 3.05) is 0 Å². The molecule has 1 saturated carbocycles. The lowest BCUT2D eigenvalue weighted by Crippen LogP contribution is -2.03. The van der Waals surface area contributed by atoms with Gasteiger partial charge in [0, 0.05) is 17.9 Å². The third kappa shape index (κ3) is 2.50. The maximum absolute atomic E-state index is 11.8. The van der Waals surface area contributed by atoms with Gasteiger partial charge in [0.1, 0.15) is 5.82 Å². The number of carbonyl (C=O) groups excluding carboxylic acids is 1. The number of carbonyl (C=O) groups is 2. The number of nitrogens with zero attached hydrogens (tertiary/aromatic N) is 1. The minimum absolute atomic E-state index is 0.0322. The van der Waals surface area contributed by atoms with E-state index in [2.05, 4.69) is 9.97 Å². The van der Waals surface area contributed by atoms with Crippen LogP contribution in [0.25, 0.3) is 11.0 Å². The molecule has 1 aliphatic rings. The maximum atomic E-state index is 11.8. The predicted octanol–water partition coefficient (Wildman–Crippen LogP) is 2.49. The van der Waals surface area contributed by atoms with Crippen molar-refractivity contribution >= 4 is 22.8 Å². The summed E-state index contributed by atoms with van der Waals surface area (Å²) in [5.74, 6) is 0.433. The Hall–Kier alpha value is -2.17. The summed E-state index contributed by atoms with van der Waals surface area (Å²) in [4.78, 5) is 30.0. The van der Waals surface area contributed by atoms with E-state index in [9.17, 15) is 9.59 Å². The Labute approximate surface area is 109 Å². The van der Waals surface area contributed by atoms with E-state index in [1.54, 1.807) is 12.1 Å². The number of benzene rings is 1. The summed E-state index contributed by atoms with van der Waals surface area (Å²) in [7, 11) is 0. The Morgan fingerprint density at radius 1 is 1.32 bits per heavy atom. The van der Waals surface area contributed by atoms with Crippen LogP contribution in [0.15, 0.2) is 18.2 Å². The van der Waals surface area contributed by atoms with Crippen molar-refractivity contribution in [1.82, 2.24) is 9.97 Å². The standard InChI is InChI=1S/C14H14N2O3/c17-12(5-6-13(18)19)9-3-4-10-11(7-9)16-14(15-10)8-1-2-8/h3-4,7-8H,1-2,5-6H2,(H,15,16)(H,18,19). The van der Waals surface area contributed by atoms with Gasteiger partial charge in [-0.05, 0) is 31.0 Å². The summed E-state index contributed by atoms with van der Waals surface area (Å²) in [6.07, 6.45) is 2.24. The highest BCUT2D eigenvalue weighted by atomic mass is 16.4. The molecule has 0 atom stereocenters. The molecule has 0 bridgehead atoms. The topological polar surface area (TPSA) is 83.0 Å². The fourth-order valence-corrected chi connectivity index (χ4v) is 2.12. The molecule has 1 aromatic heterocycles. The van der Waals surface area contributed by atoms with Crippen molar-refractivity contribution in [3.05, 3.63) is 29.6 Å². The quantitative estimate of drug-likeness (QED) is 0.807. The number of rotatable bonds is 5. The number of nitrogens with one attached hydrogen (secondary N) is 1. The zero-order valence-corrected chi connectivity index (χ0v) is 10.3. The summed E-state index contributed by atoms with van der Waals surface area (Å²) in [6, 6.07) is 5.29. The molecule has 0 radical (unpaired) electrons. The van der Waals surface area contributed by atoms with Gasteiger partial charge in [-0.3, -0.25) is 9.59 Å². The monoisotopic (exact) mass is 258 g/mol. The number of fused-ring (bicyclic) bond motifs is 1. The van der Waals surface area contributed by atoms with Crippen LogP contribution >= 0.6 is 0 Å². The smallest absolute Gasteiger partial charge is 0.303 e. The summed E-state index contributed by atoms with van der Waals surface area (Å²) in [6.45, 7) is 0. The van der Waals surface area contributed by atoms with Crippen molar-refractivity contribution in [2.45, 2.75) is 31.6 Å². The van der Waals surface area contributed by atoms with Gasteiger partial charge in [0.05, 0.1) is 17.5 Å². The second kappa shape index (κ2) is 4.50. The highest BCUT2D eigenvalue weighted by Gasteiger charge is 2.26. The highest BCUT2D eigenvalue weighted by molar-refractivity contribution is 5.99. The molecule has 19 heavy (non-hydrogen) atoms. The number of carboxylic acids is 1. The summed E-state index contributed by atoms with van der Waals surface area (Å²) in [5, 5.41) is 8.58. The van der Waals surface area contributed by atoms with E-state index in [-0.39, 0.29) is 18.6 Å². The van der Waals surface area contributed by atoms with Crippen LogP contribution < -0.4 is 0 Å². The Morgan fingerprint density at radius 3 is 2.79 bits per heavy atom. The lowest BCUT2D eigenvalue weighted by Gasteiger charge is -1.98. The van der Waals surface area contributed by atoms with Crippen molar-refractivity contribution in [3.8, 4) is 0 Å². The van der Waals surface area contributed by atoms with Crippen molar-refractivity contribution in [3.63, 3.8) is 0 Å². The van der Waals surface area contributed by atoms with Crippen LogP contribution in [0, 0.1) is 0 Å². The number of hydrogen-bond donors (Lipinski definition) is 2. The summed E-state index contributed by atoms with van der Waals surface area (Å²) < 4.78 is 0. The van der Waals surface area contributed by atoms with Gasteiger partial charge in [-0.25, -0.2) is 4.98 Å². The van der Waals surface area contributed by atoms with Gasteiger partial charge in [-0.15, -0.1) is 0 Å². The van der Waals surface area contributed by atoms with Crippen LogP contribution in [0.3, 0.4) is 0 Å². The first-order chi connectivity index (χ1) is 9.13. The fourth-order valence-electron chi connectivity index (χ4n) is 2.12. The van der Waals surface area contributed by atoms with Crippen molar-refractivity contribution in [1.29, 1.82) is 0 Å². The van der Waals surface area contributed by atoms with Gasteiger partial charge < -0.3 is 10.1 Å². The molecule has 98 valence electrons. The molecule has 5 nitrogen and oxygen atoms in total. The van der Waals surface area contributed by atoms with E-state index in [0.717, 1.165) is 16.9 Å². The van der Waals surface area contributed by atoms with E-state index in [1.165, 1.54) is 12.8 Å². The molecule has 0 amide bonds. The number of ketones is 1. The first-order valence-corrected chi connectivity index (χ1v) is 6.38. The lowest BCUT2D eigenvalue weighted by atomic mass is 10.1. The van der Waals surface area contributed by atoms with E-state index in [1.807, 2.05) is 6.07 Å². The normalized spacial score (nSPS) is 14.7. The number of aromatic amines is 1. The van der Waals surface area contributed by atoms with E-state index < -0.39 is 5.97 Å². The fraction of sp³-hybridized carbons (Fsp3) is 0.357. The Balaban J connectivity index is 1.83. The zero-order chi connectivity index (χ0) is 13.4. The summed E-state index contributed by atoms with van der Waals surface area (Å²) >= 11 is 0. The molecule has 0 saturated heterocycles. The van der Waals surface area contributed by atoms with Gasteiger partial charge in [0.2, 0.25) is 0 Å². The van der Waals surface area contributed by atoms with Crippen LogP contribution in [0.2, 0.25) is 0 Å². The number of aliphatic carboxylic acids is 1. The molecule has 1 aromatic carbocycles. The largest absolute Gasteiger partial charge is 0.481 e. The third-order valence-corrected chi connectivity index (χ3v) is 3.35. The van der Waals surface area contributed by atoms with Gasteiger partial charge in [-0.2, -0.15) is 0 Å². The number of imidazole rings is 1. The van der Waals surface area contributed by atoms with Crippen LogP contribution in [0.5, 0.6) is 0 Å². The molecule has 0 spiro atoms. The first-order valence-electron chi connectivity index (χ1n) is 6.38. The zero-order valence-electron chi connectivity index (χ0n) is 10.3. The Kier molecular flexibility index (Phi) is 2.81. The van der Waals surface area contributed by atoms with Crippen LogP contribution in [-0.2, 0) is 4.79 Å². The van der Waals surface area contributed by atoms with Crippen LogP contribution in [0.1, 0.15) is 47.8 Å². The molecule has 1 fully saturated rings. The molecule has 1 aliphatic carbocycles. The number of Topliss-reactive ketones (excluding diaryl/α,β-unsaturated/α-hetero) is 1. The minimum atomic E-state index is -0.952. The van der Waals surface area contributed by atoms with Gasteiger partial charge in [0.25, 0.3) is 0 Å². The predicted molar refractivity (Wildman–Crippen MR) is 69.3 cm³/mol. The molecule has 0 aliphatic heterocycles. The lowest BCUT2D eigenvalue weighted by molar-refractivity contribution is -0.136. The molecule has 2 aromatic rings. The number of aromatic nitrogens is 2. The molecule has 3 rings (SSSR count). The second-order valence-corrected chi connectivity index (χ2v) is 4.95. The Morgan fingerprint density at radius 2 is 2.11 bits per heavy atom. The molecule has 0 unspecified atom stereocenters. The molecule has 5 heteroatoms. The maximum Gasteiger partial charge on any atom is 0.303 e. The first kappa shape index (κ1) is 11.9. The van der Waals surface area contributed by atoms with Gasteiger partial charge in [-0.1, -0.05) is 0 Å². The molecular weight excluding hydrogens is 244 g/mol. The SMILES string of the molecule is O=C(O)CCC(=O)c1ccc2nc(C3CC3)[nH]c2c1. The molecule has 2 N–H and O–H groups in total. The average molecular weight is 258 g/mol. The van der Waals surface area contributed by atoms with Gasteiger partial charge in [0.15, 0.2) is 5.78 Å². The summed E-state index contributed by atoms with van der Waals surface area (Å²) in [5.41, 5.74) is 2.25. The Bertz CT molecular complexity index is 656. The van der Waals surface area contributed by atoms with E-state index in [0.29, 0.717) is 11.5 Å². The number of hydrogen-bond acceptors (Lipinski definition) is 3. The molecular formula is C14H14N2O3. The highest BCUT2D eigenvalue weighted by Crippen LogP contribution is 2.39. The van der Waals surface area contributed by atoms with Gasteiger partial charge >= 0.3 is 5.97 Å². The van der Waals surface area contributed by atoms with Crippen LogP contribution in [-0.4, -0.2) is 26.8 Å². The minimum Gasteiger partial charge on any atom is -0.481 e. The average Bonchev–Trinajstić information content (AvgIpc) is 3.15. The number of H-pyrrole nitrogens is 1. The van der Waals surface area contributed by atoms with Crippen molar-refractivity contribution < 1.29 is 14.7 Å². The van der Waals surface area contributed by atoms with Crippen molar-refractivity contribution in [2.24, 2.45) is 0 Å².